The minimum atomic E-state index is 0.546. The van der Waals surface area contributed by atoms with Crippen molar-refractivity contribution in [3.63, 3.8) is 0 Å². The molecule has 3 aliphatic heterocycles. The minimum Gasteiger partial charge on any atom is -0.360 e. The second-order valence-corrected chi connectivity index (χ2v) is 9.05. The Morgan fingerprint density at radius 3 is 2.83 bits per heavy atom. The van der Waals surface area contributed by atoms with Crippen molar-refractivity contribution >= 4 is 33.9 Å². The Morgan fingerprint density at radius 2 is 1.91 bits per heavy atom. The van der Waals surface area contributed by atoms with E-state index in [2.05, 4.69) is 15.6 Å². The molecule has 0 aromatic heterocycles. The molecule has 0 bridgehead atoms. The van der Waals surface area contributed by atoms with Gasteiger partial charge in [-0.2, -0.15) is 0 Å². The van der Waals surface area contributed by atoms with Crippen LogP contribution in [0.4, 0.5) is 0 Å². The summed E-state index contributed by atoms with van der Waals surface area (Å²) in [5, 5.41) is 8.42. The van der Waals surface area contributed by atoms with Crippen LogP contribution in [0.3, 0.4) is 0 Å². The van der Waals surface area contributed by atoms with Crippen LogP contribution in [0.2, 0.25) is 0 Å². The molecule has 4 atom stereocenters. The number of nitrogens with zero attached hydrogens (tertiary/aromatic N) is 3. The van der Waals surface area contributed by atoms with Crippen LogP contribution in [0.25, 0.3) is 0 Å². The predicted molar refractivity (Wildman–Crippen MR) is 100 cm³/mol. The molecule has 0 unspecified atom stereocenters. The summed E-state index contributed by atoms with van der Waals surface area (Å²) < 4.78 is 0. The number of hydrogen-bond donors (Lipinski definition) is 1. The first kappa shape index (κ1) is 14.7. The summed E-state index contributed by atoms with van der Waals surface area (Å²) in [6.45, 7) is 0. The van der Waals surface area contributed by atoms with Crippen molar-refractivity contribution in [3.8, 4) is 0 Å². The molecule has 3 heterocycles. The zero-order valence-corrected chi connectivity index (χ0v) is 15.0. The molecule has 4 nitrogen and oxygen atoms in total. The van der Waals surface area contributed by atoms with Gasteiger partial charge in [-0.15, -0.1) is 0 Å². The van der Waals surface area contributed by atoms with Crippen molar-refractivity contribution in [3.05, 3.63) is 11.1 Å². The van der Waals surface area contributed by atoms with E-state index in [-0.39, 0.29) is 0 Å². The van der Waals surface area contributed by atoms with Crippen molar-refractivity contribution in [2.75, 3.05) is 5.75 Å². The second-order valence-electron chi connectivity index (χ2n) is 7.25. The Labute approximate surface area is 146 Å². The van der Waals surface area contributed by atoms with Crippen molar-refractivity contribution in [2.45, 2.75) is 75.5 Å². The molecule has 0 saturated heterocycles. The van der Waals surface area contributed by atoms with Crippen LogP contribution in [0.15, 0.2) is 21.1 Å². The molecular weight excluding hydrogens is 324 g/mol. The fourth-order valence-electron chi connectivity index (χ4n) is 4.60. The molecule has 23 heavy (non-hydrogen) atoms. The second kappa shape index (κ2) is 6.03. The quantitative estimate of drug-likeness (QED) is 0.828. The summed E-state index contributed by atoms with van der Waals surface area (Å²) in [6, 6.07) is 2.36. The molecule has 5 rings (SSSR count). The molecule has 6 heteroatoms. The number of amidine groups is 2. The van der Waals surface area contributed by atoms with Crippen LogP contribution < -0.4 is 5.32 Å². The van der Waals surface area contributed by atoms with Gasteiger partial charge in [-0.1, -0.05) is 49.2 Å². The average molecular weight is 349 g/mol. The van der Waals surface area contributed by atoms with Crippen LogP contribution in [0.5, 0.6) is 0 Å². The SMILES string of the molecule is C1=C(CSC2=N[C@H]3CCCC[C@@H]3N2)N2C(=N[C@@H]3CCCC[C@@H]32)S1. The topological polar surface area (TPSA) is 40.0 Å². The van der Waals surface area contributed by atoms with E-state index >= 15 is 0 Å². The van der Waals surface area contributed by atoms with E-state index in [1.165, 1.54) is 67.4 Å². The van der Waals surface area contributed by atoms with Gasteiger partial charge in [0.1, 0.15) is 0 Å². The van der Waals surface area contributed by atoms with E-state index in [0.717, 1.165) is 5.75 Å². The Morgan fingerprint density at radius 1 is 1.09 bits per heavy atom. The molecule has 1 N–H and O–H groups in total. The van der Waals surface area contributed by atoms with Gasteiger partial charge in [0, 0.05) is 11.4 Å². The van der Waals surface area contributed by atoms with E-state index < -0.39 is 0 Å². The van der Waals surface area contributed by atoms with Crippen LogP contribution >= 0.6 is 23.5 Å². The first-order valence-electron chi connectivity index (χ1n) is 9.08. The third-order valence-corrected chi connectivity index (χ3v) is 7.64. The van der Waals surface area contributed by atoms with Gasteiger partial charge in [0.2, 0.25) is 0 Å². The van der Waals surface area contributed by atoms with Gasteiger partial charge < -0.3 is 10.2 Å². The Kier molecular flexibility index (Phi) is 3.85. The lowest BCUT2D eigenvalue weighted by Crippen LogP contribution is -2.39. The maximum Gasteiger partial charge on any atom is 0.168 e. The smallest absolute Gasteiger partial charge is 0.168 e. The number of thioether (sulfide) groups is 2. The van der Waals surface area contributed by atoms with Gasteiger partial charge in [-0.05, 0) is 31.1 Å². The molecule has 2 fully saturated rings. The monoisotopic (exact) mass is 348 g/mol. The molecule has 2 saturated carbocycles. The van der Waals surface area contributed by atoms with E-state index in [1.807, 2.05) is 23.5 Å². The number of fused-ring (bicyclic) bond motifs is 4. The maximum atomic E-state index is 4.96. The third kappa shape index (κ3) is 2.62. The van der Waals surface area contributed by atoms with Crippen molar-refractivity contribution in [1.82, 2.24) is 10.2 Å². The van der Waals surface area contributed by atoms with Crippen LogP contribution in [0, 0.1) is 0 Å². The number of hydrogen-bond acceptors (Lipinski definition) is 6. The summed E-state index contributed by atoms with van der Waals surface area (Å²) in [5.41, 5.74) is 1.45. The van der Waals surface area contributed by atoms with Gasteiger partial charge in [0.25, 0.3) is 0 Å². The van der Waals surface area contributed by atoms with E-state index in [1.54, 1.807) is 0 Å². The van der Waals surface area contributed by atoms with Gasteiger partial charge in [-0.3, -0.25) is 9.98 Å². The fraction of sp³-hybridized carbons (Fsp3) is 0.765. The highest BCUT2D eigenvalue weighted by Gasteiger charge is 2.41. The normalized spacial score (nSPS) is 38.3. The van der Waals surface area contributed by atoms with Crippen LogP contribution in [0.1, 0.15) is 51.4 Å². The van der Waals surface area contributed by atoms with Gasteiger partial charge in [0.05, 0.1) is 24.2 Å². The third-order valence-electron chi connectivity index (χ3n) is 5.80. The molecule has 0 amide bonds. The molecule has 0 spiro atoms. The van der Waals surface area contributed by atoms with Crippen LogP contribution in [-0.2, 0) is 0 Å². The highest BCUT2D eigenvalue weighted by molar-refractivity contribution is 8.17. The molecule has 0 radical (unpaired) electrons. The maximum absolute atomic E-state index is 4.96. The Balaban J connectivity index is 1.23. The number of aliphatic imine (C=N–C) groups is 2. The van der Waals surface area contributed by atoms with Gasteiger partial charge in [-0.25, -0.2) is 0 Å². The summed E-state index contributed by atoms with van der Waals surface area (Å²) in [5.74, 6) is 1.03. The van der Waals surface area contributed by atoms with Crippen molar-refractivity contribution in [1.29, 1.82) is 0 Å². The van der Waals surface area contributed by atoms with E-state index in [4.69, 9.17) is 9.98 Å². The Hall–Kier alpha value is -0.620. The van der Waals surface area contributed by atoms with Crippen molar-refractivity contribution < 1.29 is 0 Å². The predicted octanol–water partition coefficient (Wildman–Crippen LogP) is 3.56. The molecule has 5 aliphatic rings. The largest absolute Gasteiger partial charge is 0.360 e. The lowest BCUT2D eigenvalue weighted by molar-refractivity contribution is 0.285. The van der Waals surface area contributed by atoms with E-state index in [9.17, 15) is 0 Å². The zero-order chi connectivity index (χ0) is 15.2. The summed E-state index contributed by atoms with van der Waals surface area (Å²) in [6.07, 6.45) is 10.6. The van der Waals surface area contributed by atoms with Gasteiger partial charge >= 0.3 is 0 Å². The summed E-state index contributed by atoms with van der Waals surface area (Å²) >= 11 is 3.73. The average Bonchev–Trinajstić information content (AvgIpc) is 3.25. The fourth-order valence-corrected chi connectivity index (χ4v) is 6.65. The number of nitrogens with one attached hydrogen (secondary N) is 1. The highest BCUT2D eigenvalue weighted by Crippen LogP contribution is 2.41. The molecule has 0 aromatic rings. The summed E-state index contributed by atoms with van der Waals surface area (Å²) in [7, 11) is 0. The van der Waals surface area contributed by atoms with E-state index in [0.29, 0.717) is 24.2 Å². The zero-order valence-electron chi connectivity index (χ0n) is 13.4. The summed E-state index contributed by atoms with van der Waals surface area (Å²) in [4.78, 5) is 12.4. The lowest BCUT2D eigenvalue weighted by Gasteiger charge is -2.31. The highest BCUT2D eigenvalue weighted by atomic mass is 32.2. The van der Waals surface area contributed by atoms with Crippen LogP contribution in [-0.4, -0.2) is 45.2 Å². The minimum absolute atomic E-state index is 0.546. The first-order valence-corrected chi connectivity index (χ1v) is 10.9. The van der Waals surface area contributed by atoms with Gasteiger partial charge in [0.15, 0.2) is 10.3 Å². The Bertz CT molecular complexity index is 585. The molecule has 124 valence electrons. The standard InChI is InChI=1S/C17H24N4S2/c1-2-6-13-12(5-1)18-16(19-13)22-9-11-10-23-17-20-14-7-3-4-8-15(14)21(11)17/h10,12-15H,1-9H2,(H,18,19)/t12-,13-,14+,15-/m0/s1. The van der Waals surface area contributed by atoms with Crippen molar-refractivity contribution in [2.24, 2.45) is 9.98 Å². The number of rotatable bonds is 2. The molecular formula is C17H24N4S2. The lowest BCUT2D eigenvalue weighted by atomic mass is 9.91. The molecule has 0 aromatic carbocycles. The molecule has 2 aliphatic carbocycles. The first-order chi connectivity index (χ1) is 11.4.